The summed E-state index contributed by atoms with van der Waals surface area (Å²) in [5.74, 6) is 1.64. The summed E-state index contributed by atoms with van der Waals surface area (Å²) in [7, 11) is 1.52. The number of β-amino-alcohol motifs (C(OH)–C–C–N with tert-alkyl or cyclic N) is 1. The molecule has 1 aromatic heterocycles. The molecule has 4 rings (SSSR count). The number of carbonyl (C=O) groups excluding carboxylic acids is 1. The first-order chi connectivity index (χ1) is 16.0. The zero-order chi connectivity index (χ0) is 23.2. The SMILES string of the molecule is COc1cc(C(C)=O)ccc1OCC(O)CN1CCN(c2nnnn2-c2ccccc2)CC1. The van der Waals surface area contributed by atoms with E-state index in [9.17, 15) is 9.90 Å². The average molecular weight is 453 g/mol. The molecular formula is C23H28N6O4. The highest BCUT2D eigenvalue weighted by atomic mass is 16.5. The molecule has 0 amide bonds. The van der Waals surface area contributed by atoms with Crippen molar-refractivity contribution in [3.8, 4) is 17.2 Å². The van der Waals surface area contributed by atoms with Gasteiger partial charge in [-0.25, -0.2) is 0 Å². The molecule has 3 aromatic rings. The Morgan fingerprint density at radius 2 is 1.85 bits per heavy atom. The number of methoxy groups -OCH3 is 1. The smallest absolute Gasteiger partial charge is 0.250 e. The second-order valence-corrected chi connectivity index (χ2v) is 7.90. The van der Waals surface area contributed by atoms with E-state index < -0.39 is 6.10 Å². The van der Waals surface area contributed by atoms with Gasteiger partial charge in [-0.05, 0) is 47.7 Å². The van der Waals surface area contributed by atoms with Gasteiger partial charge in [0.25, 0.3) is 0 Å². The number of hydrogen-bond donors (Lipinski definition) is 1. The first kappa shape index (κ1) is 22.7. The quantitative estimate of drug-likeness (QED) is 0.483. The summed E-state index contributed by atoms with van der Waals surface area (Å²) >= 11 is 0. The van der Waals surface area contributed by atoms with Crippen LogP contribution in [0.15, 0.2) is 48.5 Å². The first-order valence-corrected chi connectivity index (χ1v) is 10.9. The van der Waals surface area contributed by atoms with Gasteiger partial charge in [0.05, 0.1) is 12.8 Å². The van der Waals surface area contributed by atoms with Gasteiger partial charge < -0.3 is 19.5 Å². The minimum absolute atomic E-state index is 0.0446. The van der Waals surface area contributed by atoms with E-state index in [2.05, 4.69) is 25.3 Å². The topological polar surface area (TPSA) is 106 Å². The molecule has 1 N–H and O–H groups in total. The van der Waals surface area contributed by atoms with Crippen LogP contribution in [0.1, 0.15) is 17.3 Å². The molecule has 33 heavy (non-hydrogen) atoms. The van der Waals surface area contributed by atoms with E-state index in [4.69, 9.17) is 9.47 Å². The molecule has 10 nitrogen and oxygen atoms in total. The summed E-state index contributed by atoms with van der Waals surface area (Å²) in [4.78, 5) is 15.9. The fourth-order valence-corrected chi connectivity index (χ4v) is 3.79. The lowest BCUT2D eigenvalue weighted by molar-refractivity contribution is 0.0652. The standard InChI is InChI=1S/C23H28N6O4/c1-17(30)18-8-9-21(22(14-18)32-2)33-16-20(31)15-27-10-12-28(13-11-27)23-24-25-26-29(23)19-6-4-3-5-7-19/h3-9,14,20,31H,10-13,15-16H2,1-2H3. The van der Waals surface area contributed by atoms with Gasteiger partial charge in [-0.3, -0.25) is 9.69 Å². The summed E-state index contributed by atoms with van der Waals surface area (Å²) in [6.07, 6.45) is -0.664. The number of benzene rings is 2. The van der Waals surface area contributed by atoms with Gasteiger partial charge in [0.1, 0.15) is 12.7 Å². The Hall–Kier alpha value is -3.50. The highest BCUT2D eigenvalue weighted by Gasteiger charge is 2.24. The van der Waals surface area contributed by atoms with Gasteiger partial charge in [0.15, 0.2) is 17.3 Å². The van der Waals surface area contributed by atoms with Gasteiger partial charge in [-0.1, -0.05) is 23.3 Å². The first-order valence-electron chi connectivity index (χ1n) is 10.9. The van der Waals surface area contributed by atoms with Crippen molar-refractivity contribution in [3.63, 3.8) is 0 Å². The van der Waals surface area contributed by atoms with Crippen LogP contribution in [0.5, 0.6) is 11.5 Å². The van der Waals surface area contributed by atoms with E-state index in [0.29, 0.717) is 29.6 Å². The molecule has 10 heteroatoms. The number of ketones is 1. The number of para-hydroxylation sites is 1. The Morgan fingerprint density at radius 1 is 1.09 bits per heavy atom. The van der Waals surface area contributed by atoms with E-state index in [-0.39, 0.29) is 12.4 Å². The van der Waals surface area contributed by atoms with Crippen LogP contribution in [0.3, 0.4) is 0 Å². The molecule has 0 bridgehead atoms. The summed E-state index contributed by atoms with van der Waals surface area (Å²) in [5, 5.41) is 22.7. The summed E-state index contributed by atoms with van der Waals surface area (Å²) < 4.78 is 12.8. The van der Waals surface area contributed by atoms with E-state index in [1.54, 1.807) is 22.9 Å². The Labute approximate surface area is 192 Å². The average Bonchev–Trinajstić information content (AvgIpc) is 3.33. The van der Waals surface area contributed by atoms with Crippen molar-refractivity contribution in [2.45, 2.75) is 13.0 Å². The molecule has 1 fully saturated rings. The van der Waals surface area contributed by atoms with Crippen LogP contribution in [0, 0.1) is 0 Å². The maximum Gasteiger partial charge on any atom is 0.250 e. The lowest BCUT2D eigenvalue weighted by atomic mass is 10.1. The van der Waals surface area contributed by atoms with Crippen molar-refractivity contribution in [2.75, 3.05) is 51.3 Å². The fraction of sp³-hybridized carbons (Fsp3) is 0.391. The van der Waals surface area contributed by atoms with Gasteiger partial charge >= 0.3 is 0 Å². The van der Waals surface area contributed by atoms with Crippen molar-refractivity contribution in [1.82, 2.24) is 25.1 Å². The van der Waals surface area contributed by atoms with Crippen LogP contribution in [-0.2, 0) is 0 Å². The number of ether oxygens (including phenoxy) is 2. The van der Waals surface area contributed by atoms with Gasteiger partial charge in [-0.15, -0.1) is 0 Å². The number of hydrogen-bond acceptors (Lipinski definition) is 9. The number of aliphatic hydroxyl groups is 1. The lowest BCUT2D eigenvalue weighted by Crippen LogP contribution is -2.50. The highest BCUT2D eigenvalue weighted by molar-refractivity contribution is 5.94. The van der Waals surface area contributed by atoms with E-state index >= 15 is 0 Å². The maximum atomic E-state index is 11.5. The van der Waals surface area contributed by atoms with Gasteiger partial charge in [-0.2, -0.15) is 4.68 Å². The zero-order valence-corrected chi connectivity index (χ0v) is 18.8. The van der Waals surface area contributed by atoms with Crippen LogP contribution >= 0.6 is 0 Å². The Morgan fingerprint density at radius 3 is 2.55 bits per heavy atom. The molecule has 174 valence electrons. The molecule has 0 radical (unpaired) electrons. The number of aromatic nitrogens is 4. The second kappa shape index (κ2) is 10.4. The van der Waals surface area contributed by atoms with Crippen molar-refractivity contribution >= 4 is 11.7 Å². The predicted molar refractivity (Wildman–Crippen MR) is 122 cm³/mol. The monoisotopic (exact) mass is 452 g/mol. The molecule has 1 aliphatic heterocycles. The summed E-state index contributed by atoms with van der Waals surface area (Å²) in [6, 6.07) is 14.8. The van der Waals surface area contributed by atoms with Crippen LogP contribution in [-0.4, -0.2) is 88.5 Å². The Bertz CT molecular complexity index is 1070. The molecule has 2 heterocycles. The van der Waals surface area contributed by atoms with Gasteiger partial charge in [0.2, 0.25) is 5.95 Å². The van der Waals surface area contributed by atoms with Crippen molar-refractivity contribution < 1.29 is 19.4 Å². The fourth-order valence-electron chi connectivity index (χ4n) is 3.79. The number of nitrogens with zero attached hydrogens (tertiary/aromatic N) is 6. The summed E-state index contributed by atoms with van der Waals surface area (Å²) in [5.41, 5.74) is 1.47. The molecule has 2 aromatic carbocycles. The molecule has 0 saturated carbocycles. The number of rotatable bonds is 9. The van der Waals surface area contributed by atoms with Crippen LogP contribution in [0.4, 0.5) is 5.95 Å². The van der Waals surface area contributed by atoms with E-state index in [0.717, 1.165) is 31.9 Å². The third-order valence-electron chi connectivity index (χ3n) is 5.58. The lowest BCUT2D eigenvalue weighted by Gasteiger charge is -2.35. The van der Waals surface area contributed by atoms with Crippen molar-refractivity contribution in [1.29, 1.82) is 0 Å². The number of aliphatic hydroxyl groups excluding tert-OH is 1. The maximum absolute atomic E-state index is 11.5. The van der Waals surface area contributed by atoms with E-state index in [1.807, 2.05) is 30.3 Å². The van der Waals surface area contributed by atoms with Crippen LogP contribution in [0.25, 0.3) is 5.69 Å². The number of Topliss-reactive ketones (excluding diaryl/α,β-unsaturated/α-hetero) is 1. The van der Waals surface area contributed by atoms with Crippen LogP contribution < -0.4 is 14.4 Å². The largest absolute Gasteiger partial charge is 0.493 e. The third kappa shape index (κ3) is 5.47. The van der Waals surface area contributed by atoms with E-state index in [1.165, 1.54) is 14.0 Å². The van der Waals surface area contributed by atoms with Crippen molar-refractivity contribution in [3.05, 3.63) is 54.1 Å². The number of tetrazole rings is 1. The third-order valence-corrected chi connectivity index (χ3v) is 5.58. The Kier molecular flexibility index (Phi) is 7.16. The highest BCUT2D eigenvalue weighted by Crippen LogP contribution is 2.28. The predicted octanol–water partition coefficient (Wildman–Crippen LogP) is 1.44. The van der Waals surface area contributed by atoms with Gasteiger partial charge in [0, 0.05) is 38.3 Å². The summed E-state index contributed by atoms with van der Waals surface area (Å²) in [6.45, 7) is 5.17. The molecule has 0 aliphatic carbocycles. The number of carbonyl (C=O) groups is 1. The Balaban J connectivity index is 1.28. The molecule has 1 unspecified atom stereocenters. The van der Waals surface area contributed by atoms with Crippen LogP contribution in [0.2, 0.25) is 0 Å². The number of piperazine rings is 1. The number of anilines is 1. The second-order valence-electron chi connectivity index (χ2n) is 7.90. The normalized spacial score (nSPS) is 15.3. The minimum Gasteiger partial charge on any atom is -0.493 e. The zero-order valence-electron chi connectivity index (χ0n) is 18.8. The van der Waals surface area contributed by atoms with Crippen molar-refractivity contribution in [2.24, 2.45) is 0 Å². The minimum atomic E-state index is -0.664. The molecule has 1 saturated heterocycles. The molecule has 1 atom stereocenters. The molecule has 0 spiro atoms. The molecule has 1 aliphatic rings. The molecular weight excluding hydrogens is 424 g/mol.